The molecule has 0 aromatic heterocycles. The first-order valence-electron chi connectivity index (χ1n) is 8.77. The van der Waals surface area contributed by atoms with E-state index in [1.807, 2.05) is 35.6 Å². The summed E-state index contributed by atoms with van der Waals surface area (Å²) in [6.45, 7) is 0.398. The van der Waals surface area contributed by atoms with Gasteiger partial charge in [0.25, 0.3) is 0 Å². The van der Waals surface area contributed by atoms with E-state index in [0.29, 0.717) is 18.0 Å². The average molecular weight is 392 g/mol. The van der Waals surface area contributed by atoms with Gasteiger partial charge in [0.2, 0.25) is 11.8 Å². The summed E-state index contributed by atoms with van der Waals surface area (Å²) in [6, 6.07) is 14.3. The smallest absolute Gasteiger partial charge is 0.408 e. The van der Waals surface area contributed by atoms with E-state index in [-0.39, 0.29) is 12.8 Å². The molecule has 0 unspecified atom stereocenters. The van der Waals surface area contributed by atoms with Crippen LogP contribution in [-0.4, -0.2) is 24.0 Å². The van der Waals surface area contributed by atoms with Crippen LogP contribution in [0.5, 0.6) is 5.75 Å². The molecule has 28 heavy (non-hydrogen) atoms. The number of amides is 2. The number of nitrogens with one attached hydrogen (secondary N) is 2. The Morgan fingerprint density at radius 3 is 2.36 bits per heavy atom. The fraction of sp³-hybridized carbons (Fsp3) is 0.300. The van der Waals surface area contributed by atoms with Crippen LogP contribution >= 0.6 is 0 Å². The second kappa shape index (κ2) is 8.33. The second-order valence-corrected chi connectivity index (χ2v) is 6.52. The van der Waals surface area contributed by atoms with Crippen LogP contribution in [0.25, 0.3) is 0 Å². The van der Waals surface area contributed by atoms with E-state index in [1.54, 1.807) is 24.3 Å². The van der Waals surface area contributed by atoms with Crippen LogP contribution in [0, 0.1) is 5.92 Å². The van der Waals surface area contributed by atoms with Crippen molar-refractivity contribution in [2.45, 2.75) is 31.7 Å². The van der Waals surface area contributed by atoms with Gasteiger partial charge in [-0.2, -0.15) is 13.2 Å². The predicted molar refractivity (Wildman–Crippen MR) is 96.6 cm³/mol. The monoisotopic (exact) mass is 392 g/mol. The Hall–Kier alpha value is -3.03. The highest BCUT2D eigenvalue weighted by Crippen LogP contribution is 2.29. The van der Waals surface area contributed by atoms with Gasteiger partial charge in [0.05, 0.1) is 0 Å². The molecule has 1 saturated heterocycles. The van der Waals surface area contributed by atoms with Crippen molar-refractivity contribution in [1.82, 2.24) is 5.32 Å². The van der Waals surface area contributed by atoms with Gasteiger partial charge in [-0.05, 0) is 42.7 Å². The molecule has 3 rings (SSSR count). The third-order valence-corrected chi connectivity index (χ3v) is 4.46. The van der Waals surface area contributed by atoms with E-state index in [2.05, 4.69) is 5.32 Å². The molecule has 2 atom stereocenters. The molecule has 2 amide bonds. The predicted octanol–water partition coefficient (Wildman–Crippen LogP) is 3.66. The minimum absolute atomic E-state index is 0.153. The van der Waals surface area contributed by atoms with E-state index >= 15 is 0 Å². The van der Waals surface area contributed by atoms with Crippen molar-refractivity contribution in [2.24, 2.45) is 5.92 Å². The summed E-state index contributed by atoms with van der Waals surface area (Å²) in [4.78, 5) is 24.1. The van der Waals surface area contributed by atoms with Crippen molar-refractivity contribution in [2.75, 3.05) is 5.32 Å². The molecule has 1 aliphatic rings. The first kappa shape index (κ1) is 19.7. The maximum Gasteiger partial charge on any atom is 0.408 e. The zero-order valence-corrected chi connectivity index (χ0v) is 14.8. The third kappa shape index (κ3) is 5.03. The molecule has 8 heteroatoms. The van der Waals surface area contributed by atoms with Crippen LogP contribution in [0.15, 0.2) is 54.6 Å². The highest BCUT2D eigenvalue weighted by molar-refractivity contribution is 6.06. The maximum atomic E-state index is 12.7. The first-order valence-corrected chi connectivity index (χ1v) is 8.77. The molecule has 0 saturated carbocycles. The third-order valence-electron chi connectivity index (χ3n) is 4.46. The highest BCUT2D eigenvalue weighted by atomic mass is 19.4. The van der Waals surface area contributed by atoms with Gasteiger partial charge in [-0.25, -0.2) is 0 Å². The number of hydrogen-bond donors (Lipinski definition) is 2. The van der Waals surface area contributed by atoms with E-state index in [0.717, 1.165) is 5.56 Å². The molecule has 0 bridgehead atoms. The summed E-state index contributed by atoms with van der Waals surface area (Å²) in [5, 5.41) is 4.43. The highest BCUT2D eigenvalue weighted by Gasteiger charge is 2.45. The first-order chi connectivity index (χ1) is 13.3. The van der Waals surface area contributed by atoms with Gasteiger partial charge in [0.1, 0.15) is 24.3 Å². The van der Waals surface area contributed by atoms with Crippen LogP contribution in [0.4, 0.5) is 18.9 Å². The largest absolute Gasteiger partial charge is 0.489 e. The van der Waals surface area contributed by atoms with Crippen molar-refractivity contribution in [3.8, 4) is 5.75 Å². The van der Waals surface area contributed by atoms with Crippen LogP contribution < -0.4 is 15.4 Å². The standard InChI is InChI=1S/C20H19F3N2O3/c21-20(22,23)17-11-10-16(19(27)25-17)18(26)24-14-6-8-15(9-7-14)28-12-13-4-2-1-3-5-13/h1-9,16-17H,10-12H2,(H,24,26)(H,25,27)/t16-,17+/m1/s1. The fourth-order valence-corrected chi connectivity index (χ4v) is 2.91. The minimum Gasteiger partial charge on any atom is -0.489 e. The van der Waals surface area contributed by atoms with E-state index in [4.69, 9.17) is 4.74 Å². The number of halogens is 3. The number of rotatable bonds is 5. The normalized spacial score (nSPS) is 19.6. The molecule has 1 fully saturated rings. The molecule has 148 valence electrons. The lowest BCUT2D eigenvalue weighted by molar-refractivity contribution is -0.170. The topological polar surface area (TPSA) is 67.4 Å². The molecule has 1 heterocycles. The number of ether oxygens (including phenoxy) is 1. The zero-order valence-electron chi connectivity index (χ0n) is 14.8. The second-order valence-electron chi connectivity index (χ2n) is 6.52. The molecule has 1 aliphatic heterocycles. The van der Waals surface area contributed by atoms with Crippen molar-refractivity contribution >= 4 is 17.5 Å². The molecule has 5 nitrogen and oxygen atoms in total. The minimum atomic E-state index is -4.51. The summed E-state index contributed by atoms with van der Waals surface area (Å²) in [5.74, 6) is -2.08. The van der Waals surface area contributed by atoms with Crippen molar-refractivity contribution in [3.05, 3.63) is 60.2 Å². The number of hydrogen-bond acceptors (Lipinski definition) is 3. The lowest BCUT2D eigenvalue weighted by atomic mass is 9.92. The maximum absolute atomic E-state index is 12.7. The Balaban J connectivity index is 1.52. The lowest BCUT2D eigenvalue weighted by Crippen LogP contribution is -2.53. The van der Waals surface area contributed by atoms with Crippen molar-refractivity contribution < 1.29 is 27.5 Å². The zero-order chi connectivity index (χ0) is 20.1. The number of anilines is 1. The molecular weight excluding hydrogens is 373 g/mol. The lowest BCUT2D eigenvalue weighted by Gasteiger charge is -2.29. The van der Waals surface area contributed by atoms with Gasteiger partial charge in [0.15, 0.2) is 0 Å². The van der Waals surface area contributed by atoms with E-state index in [9.17, 15) is 22.8 Å². The molecule has 2 aromatic carbocycles. The molecule has 0 radical (unpaired) electrons. The van der Waals surface area contributed by atoms with Gasteiger partial charge >= 0.3 is 6.18 Å². The van der Waals surface area contributed by atoms with Gasteiger partial charge in [-0.1, -0.05) is 30.3 Å². The van der Waals surface area contributed by atoms with Gasteiger partial charge in [0, 0.05) is 5.69 Å². The summed E-state index contributed by atoms with van der Waals surface area (Å²) < 4.78 is 43.7. The Kier molecular flexibility index (Phi) is 5.87. The number of carbonyl (C=O) groups is 2. The van der Waals surface area contributed by atoms with Crippen LogP contribution in [0.1, 0.15) is 18.4 Å². The van der Waals surface area contributed by atoms with Gasteiger partial charge in [-0.3, -0.25) is 9.59 Å². The molecule has 0 aliphatic carbocycles. The van der Waals surface area contributed by atoms with Crippen LogP contribution in [0.3, 0.4) is 0 Å². The quantitative estimate of drug-likeness (QED) is 0.763. The molecule has 2 aromatic rings. The van der Waals surface area contributed by atoms with Crippen molar-refractivity contribution in [1.29, 1.82) is 0 Å². The van der Waals surface area contributed by atoms with Crippen molar-refractivity contribution in [3.63, 3.8) is 0 Å². The van der Waals surface area contributed by atoms with E-state index < -0.39 is 30.0 Å². The fourth-order valence-electron chi connectivity index (χ4n) is 2.91. The van der Waals surface area contributed by atoms with Crippen LogP contribution in [-0.2, 0) is 16.2 Å². The Morgan fingerprint density at radius 1 is 1.07 bits per heavy atom. The van der Waals surface area contributed by atoms with Crippen LogP contribution in [0.2, 0.25) is 0 Å². The summed E-state index contributed by atoms with van der Waals surface area (Å²) in [7, 11) is 0. The Labute approximate surface area is 159 Å². The SMILES string of the molecule is O=C(Nc1ccc(OCc2ccccc2)cc1)[C@H]1CC[C@@H](C(F)(F)F)NC1=O. The molecule has 0 spiro atoms. The average Bonchev–Trinajstić information content (AvgIpc) is 2.67. The summed E-state index contributed by atoms with van der Waals surface area (Å²) in [6.07, 6.45) is -4.98. The summed E-state index contributed by atoms with van der Waals surface area (Å²) in [5.41, 5.74) is 1.45. The number of piperidine rings is 1. The molecular formula is C20H19F3N2O3. The Bertz CT molecular complexity index is 823. The van der Waals surface area contributed by atoms with Gasteiger partial charge in [-0.15, -0.1) is 0 Å². The summed E-state index contributed by atoms with van der Waals surface area (Å²) >= 11 is 0. The van der Waals surface area contributed by atoms with E-state index in [1.165, 1.54) is 0 Å². The number of benzene rings is 2. The van der Waals surface area contributed by atoms with Gasteiger partial charge < -0.3 is 15.4 Å². The number of alkyl halides is 3. The molecule has 2 N–H and O–H groups in total. The Morgan fingerprint density at radius 2 is 1.75 bits per heavy atom. The number of carbonyl (C=O) groups excluding carboxylic acids is 2.